The number of fused-ring (bicyclic) bond motifs is 1. The second-order valence-corrected chi connectivity index (χ2v) is 4.10. The number of halogens is 2. The molecule has 0 fully saturated rings. The lowest BCUT2D eigenvalue weighted by Crippen LogP contribution is -2.21. The summed E-state index contributed by atoms with van der Waals surface area (Å²) in [6.07, 6.45) is 0.213. The molecule has 0 bridgehead atoms. The van der Waals surface area contributed by atoms with Gasteiger partial charge in [0.2, 0.25) is 5.91 Å². The molecular formula is C12H13F2NO2. The number of carbonyl (C=O) groups excluding carboxylic acids is 1. The van der Waals surface area contributed by atoms with Gasteiger partial charge in [0.25, 0.3) is 5.92 Å². The lowest BCUT2D eigenvalue weighted by Gasteiger charge is -2.21. The SMILES string of the molecule is O=C1CCc2cc(C(F)(F)CCO)ccc2N1. The fourth-order valence-corrected chi connectivity index (χ4v) is 1.90. The highest BCUT2D eigenvalue weighted by atomic mass is 19.3. The minimum atomic E-state index is -3.02. The highest BCUT2D eigenvalue weighted by Gasteiger charge is 2.31. The number of aliphatic hydroxyl groups excluding tert-OH is 1. The first-order valence-electron chi connectivity index (χ1n) is 5.45. The highest BCUT2D eigenvalue weighted by molar-refractivity contribution is 5.93. The number of hydrogen-bond acceptors (Lipinski definition) is 2. The van der Waals surface area contributed by atoms with Crippen molar-refractivity contribution in [2.45, 2.75) is 25.2 Å². The van der Waals surface area contributed by atoms with Gasteiger partial charge < -0.3 is 10.4 Å². The summed E-state index contributed by atoms with van der Waals surface area (Å²) in [5.74, 6) is -3.11. The Morgan fingerprint density at radius 2 is 2.12 bits per heavy atom. The molecule has 92 valence electrons. The van der Waals surface area contributed by atoms with Gasteiger partial charge in [0.1, 0.15) is 0 Å². The van der Waals surface area contributed by atoms with Crippen LogP contribution >= 0.6 is 0 Å². The van der Waals surface area contributed by atoms with Crippen LogP contribution in [-0.4, -0.2) is 17.6 Å². The van der Waals surface area contributed by atoms with Crippen LogP contribution in [0.1, 0.15) is 24.0 Å². The molecule has 0 unspecified atom stereocenters. The van der Waals surface area contributed by atoms with E-state index in [0.717, 1.165) is 5.56 Å². The van der Waals surface area contributed by atoms with Crippen molar-refractivity contribution in [3.63, 3.8) is 0 Å². The fourth-order valence-electron chi connectivity index (χ4n) is 1.90. The summed E-state index contributed by atoms with van der Waals surface area (Å²) < 4.78 is 27.1. The Morgan fingerprint density at radius 1 is 1.35 bits per heavy atom. The summed E-state index contributed by atoms with van der Waals surface area (Å²) in [4.78, 5) is 11.1. The summed E-state index contributed by atoms with van der Waals surface area (Å²) in [7, 11) is 0. The van der Waals surface area contributed by atoms with Crippen molar-refractivity contribution in [1.29, 1.82) is 0 Å². The molecule has 1 aromatic rings. The van der Waals surface area contributed by atoms with Gasteiger partial charge in [-0.2, -0.15) is 0 Å². The summed E-state index contributed by atoms with van der Waals surface area (Å²) in [5.41, 5.74) is 1.21. The molecule has 1 amide bonds. The van der Waals surface area contributed by atoms with Crippen LogP contribution in [0.3, 0.4) is 0 Å². The Morgan fingerprint density at radius 3 is 2.82 bits per heavy atom. The Hall–Kier alpha value is -1.49. The molecule has 0 aromatic heterocycles. The van der Waals surface area contributed by atoms with E-state index in [9.17, 15) is 13.6 Å². The van der Waals surface area contributed by atoms with Gasteiger partial charge in [-0.15, -0.1) is 0 Å². The maximum Gasteiger partial charge on any atom is 0.275 e. The maximum atomic E-state index is 13.6. The Bertz CT molecular complexity index is 446. The topological polar surface area (TPSA) is 49.3 Å². The first kappa shape index (κ1) is 12.0. The number of aryl methyl sites for hydroxylation is 1. The van der Waals surface area contributed by atoms with E-state index < -0.39 is 19.0 Å². The van der Waals surface area contributed by atoms with Crippen LogP contribution in [0.15, 0.2) is 18.2 Å². The first-order chi connectivity index (χ1) is 8.03. The number of nitrogens with one attached hydrogen (secondary N) is 1. The van der Waals surface area contributed by atoms with Gasteiger partial charge in [0.05, 0.1) is 0 Å². The fraction of sp³-hybridized carbons (Fsp3) is 0.417. The number of carbonyl (C=O) groups is 1. The van der Waals surface area contributed by atoms with Gasteiger partial charge in [-0.05, 0) is 24.1 Å². The molecule has 0 radical (unpaired) electrons. The third kappa shape index (κ3) is 2.44. The minimum absolute atomic E-state index is 0.0904. The predicted molar refractivity (Wildman–Crippen MR) is 59.0 cm³/mol. The van der Waals surface area contributed by atoms with Crippen LogP contribution in [0.4, 0.5) is 14.5 Å². The first-order valence-corrected chi connectivity index (χ1v) is 5.45. The van der Waals surface area contributed by atoms with Crippen LogP contribution in [0.25, 0.3) is 0 Å². The van der Waals surface area contributed by atoms with Gasteiger partial charge in [-0.1, -0.05) is 6.07 Å². The average Bonchev–Trinajstić information content (AvgIpc) is 2.28. The van der Waals surface area contributed by atoms with Crippen LogP contribution in [0, 0.1) is 0 Å². The Kier molecular flexibility index (Phi) is 3.11. The molecule has 0 saturated heterocycles. The molecular weight excluding hydrogens is 228 g/mol. The van der Waals surface area contributed by atoms with Crippen molar-refractivity contribution < 1.29 is 18.7 Å². The molecule has 2 rings (SSSR count). The molecule has 1 aromatic carbocycles. The minimum Gasteiger partial charge on any atom is -0.396 e. The lowest BCUT2D eigenvalue weighted by atomic mass is 9.97. The zero-order chi connectivity index (χ0) is 12.5. The molecule has 1 aliphatic heterocycles. The summed E-state index contributed by atoms with van der Waals surface area (Å²) in [5, 5.41) is 11.2. The van der Waals surface area contributed by atoms with Crippen molar-refractivity contribution in [2.75, 3.05) is 11.9 Å². The largest absolute Gasteiger partial charge is 0.396 e. The number of aliphatic hydroxyl groups is 1. The summed E-state index contributed by atoms with van der Waals surface area (Å²) in [6, 6.07) is 4.19. The van der Waals surface area contributed by atoms with Crippen molar-refractivity contribution in [3.8, 4) is 0 Å². The molecule has 3 nitrogen and oxygen atoms in total. The van der Waals surface area contributed by atoms with Gasteiger partial charge in [-0.25, -0.2) is 8.78 Å². The number of rotatable bonds is 3. The van der Waals surface area contributed by atoms with Crippen molar-refractivity contribution in [2.24, 2.45) is 0 Å². The Balaban J connectivity index is 2.30. The lowest BCUT2D eigenvalue weighted by molar-refractivity contribution is -0.116. The maximum absolute atomic E-state index is 13.6. The van der Waals surface area contributed by atoms with Gasteiger partial charge >= 0.3 is 0 Å². The average molecular weight is 241 g/mol. The van der Waals surface area contributed by atoms with Gasteiger partial charge in [0.15, 0.2) is 0 Å². The van der Waals surface area contributed by atoms with E-state index in [1.54, 1.807) is 0 Å². The second-order valence-electron chi connectivity index (χ2n) is 4.10. The molecule has 0 atom stereocenters. The predicted octanol–water partition coefficient (Wildman–Crippen LogP) is 2.05. The number of alkyl halides is 2. The smallest absolute Gasteiger partial charge is 0.275 e. The molecule has 1 aliphatic rings. The van der Waals surface area contributed by atoms with E-state index in [-0.39, 0.29) is 11.5 Å². The second kappa shape index (κ2) is 4.41. The standard InChI is InChI=1S/C12H13F2NO2/c13-12(14,5-6-16)9-2-3-10-8(7-9)1-4-11(17)15-10/h2-3,7,16H,1,4-6H2,(H,15,17). The number of benzene rings is 1. The van der Waals surface area contributed by atoms with Crippen LogP contribution in [0.5, 0.6) is 0 Å². The molecule has 1 heterocycles. The van der Waals surface area contributed by atoms with E-state index in [4.69, 9.17) is 5.11 Å². The normalized spacial score (nSPS) is 15.4. The summed E-state index contributed by atoms with van der Waals surface area (Å²) in [6.45, 7) is -0.555. The molecule has 17 heavy (non-hydrogen) atoms. The zero-order valence-corrected chi connectivity index (χ0v) is 9.17. The van der Waals surface area contributed by atoms with E-state index in [1.165, 1.54) is 18.2 Å². The molecule has 0 aliphatic carbocycles. The Labute approximate surface area is 97.5 Å². The van der Waals surface area contributed by atoms with Crippen molar-refractivity contribution in [1.82, 2.24) is 0 Å². The van der Waals surface area contributed by atoms with Gasteiger partial charge in [0, 0.05) is 30.7 Å². The van der Waals surface area contributed by atoms with Crippen molar-refractivity contribution in [3.05, 3.63) is 29.3 Å². The van der Waals surface area contributed by atoms with E-state index >= 15 is 0 Å². The van der Waals surface area contributed by atoms with E-state index in [2.05, 4.69) is 5.32 Å². The van der Waals surface area contributed by atoms with Crippen molar-refractivity contribution >= 4 is 11.6 Å². The zero-order valence-electron chi connectivity index (χ0n) is 9.17. The third-order valence-corrected chi connectivity index (χ3v) is 2.85. The summed E-state index contributed by atoms with van der Waals surface area (Å²) >= 11 is 0. The molecule has 0 spiro atoms. The van der Waals surface area contributed by atoms with E-state index in [0.29, 0.717) is 18.5 Å². The number of anilines is 1. The third-order valence-electron chi connectivity index (χ3n) is 2.85. The monoisotopic (exact) mass is 241 g/mol. The number of amides is 1. The van der Waals surface area contributed by atoms with E-state index in [1.807, 2.05) is 0 Å². The van der Waals surface area contributed by atoms with Crippen LogP contribution < -0.4 is 5.32 Å². The van der Waals surface area contributed by atoms with Gasteiger partial charge in [-0.3, -0.25) is 4.79 Å². The van der Waals surface area contributed by atoms with Crippen LogP contribution in [0.2, 0.25) is 0 Å². The quantitative estimate of drug-likeness (QED) is 0.850. The molecule has 2 N–H and O–H groups in total. The molecule has 5 heteroatoms. The number of hydrogen-bond donors (Lipinski definition) is 2. The molecule has 0 saturated carbocycles. The highest BCUT2D eigenvalue weighted by Crippen LogP contribution is 2.34. The van der Waals surface area contributed by atoms with Crippen LogP contribution in [-0.2, 0) is 17.1 Å².